The van der Waals surface area contributed by atoms with Gasteiger partial charge in [0.2, 0.25) is 0 Å². The standard InChI is InChI=1S/C16H18BrNO2/c1-11(19)15-8-7-13(10-16(15)17)18(2)12-5-4-6-14(9-12)20-3/h4-11,19H,1-3H3/t11-/m0/s1. The van der Waals surface area contributed by atoms with Crippen LogP contribution in [0, 0.1) is 0 Å². The lowest BCUT2D eigenvalue weighted by atomic mass is 10.1. The molecule has 0 aliphatic carbocycles. The van der Waals surface area contributed by atoms with Gasteiger partial charge in [-0.15, -0.1) is 0 Å². The van der Waals surface area contributed by atoms with Crippen molar-refractivity contribution in [3.8, 4) is 5.75 Å². The van der Waals surface area contributed by atoms with Gasteiger partial charge in [0.15, 0.2) is 0 Å². The summed E-state index contributed by atoms with van der Waals surface area (Å²) in [5, 5.41) is 9.66. The Morgan fingerprint density at radius 1 is 1.15 bits per heavy atom. The van der Waals surface area contributed by atoms with Gasteiger partial charge in [-0.25, -0.2) is 0 Å². The molecule has 0 amide bonds. The third-order valence-corrected chi connectivity index (χ3v) is 3.95. The lowest BCUT2D eigenvalue weighted by Gasteiger charge is -2.21. The summed E-state index contributed by atoms with van der Waals surface area (Å²) in [6.45, 7) is 1.76. The lowest BCUT2D eigenvalue weighted by Crippen LogP contribution is -2.09. The van der Waals surface area contributed by atoms with Crippen molar-refractivity contribution in [2.75, 3.05) is 19.1 Å². The molecule has 0 heterocycles. The molecule has 0 saturated carbocycles. The molecule has 2 aromatic rings. The van der Waals surface area contributed by atoms with Gasteiger partial charge < -0.3 is 14.7 Å². The molecule has 2 rings (SSSR count). The van der Waals surface area contributed by atoms with E-state index < -0.39 is 6.10 Å². The second-order valence-electron chi connectivity index (χ2n) is 4.64. The number of anilines is 2. The highest BCUT2D eigenvalue weighted by Crippen LogP contribution is 2.32. The highest BCUT2D eigenvalue weighted by Gasteiger charge is 2.10. The van der Waals surface area contributed by atoms with Gasteiger partial charge >= 0.3 is 0 Å². The van der Waals surface area contributed by atoms with E-state index in [1.807, 2.05) is 49.5 Å². The Bertz CT molecular complexity index is 599. The number of ether oxygens (including phenoxy) is 1. The Kier molecular flexibility index (Phi) is 4.68. The first-order valence-electron chi connectivity index (χ1n) is 6.38. The average molecular weight is 336 g/mol. The molecule has 2 aromatic carbocycles. The second kappa shape index (κ2) is 6.29. The molecule has 106 valence electrons. The van der Waals surface area contributed by atoms with Crippen LogP contribution in [0.15, 0.2) is 46.9 Å². The zero-order valence-electron chi connectivity index (χ0n) is 11.8. The number of benzene rings is 2. The van der Waals surface area contributed by atoms with Crippen molar-refractivity contribution < 1.29 is 9.84 Å². The van der Waals surface area contributed by atoms with E-state index >= 15 is 0 Å². The smallest absolute Gasteiger partial charge is 0.120 e. The summed E-state index contributed by atoms with van der Waals surface area (Å²) in [6.07, 6.45) is -0.486. The number of methoxy groups -OCH3 is 1. The molecule has 1 atom stereocenters. The fourth-order valence-corrected chi connectivity index (χ4v) is 2.73. The number of halogens is 1. The first-order valence-corrected chi connectivity index (χ1v) is 7.17. The Labute approximate surface area is 127 Å². The first kappa shape index (κ1) is 14.9. The Morgan fingerprint density at radius 3 is 2.45 bits per heavy atom. The second-order valence-corrected chi connectivity index (χ2v) is 5.50. The van der Waals surface area contributed by atoms with E-state index in [9.17, 15) is 5.11 Å². The van der Waals surface area contributed by atoms with E-state index in [4.69, 9.17) is 4.74 Å². The van der Waals surface area contributed by atoms with Gasteiger partial charge in [0.1, 0.15) is 5.75 Å². The summed E-state index contributed by atoms with van der Waals surface area (Å²) in [4.78, 5) is 2.07. The fourth-order valence-electron chi connectivity index (χ4n) is 2.03. The fraction of sp³-hybridized carbons (Fsp3) is 0.250. The van der Waals surface area contributed by atoms with Crippen LogP contribution < -0.4 is 9.64 Å². The van der Waals surface area contributed by atoms with Crippen molar-refractivity contribution >= 4 is 27.3 Å². The molecule has 1 N–H and O–H groups in total. The van der Waals surface area contributed by atoms with E-state index in [2.05, 4.69) is 20.8 Å². The highest BCUT2D eigenvalue weighted by atomic mass is 79.9. The normalized spacial score (nSPS) is 12.1. The zero-order chi connectivity index (χ0) is 14.7. The molecule has 20 heavy (non-hydrogen) atoms. The van der Waals surface area contributed by atoms with Crippen molar-refractivity contribution in [2.45, 2.75) is 13.0 Å². The predicted octanol–water partition coefficient (Wildman–Crippen LogP) is 4.28. The van der Waals surface area contributed by atoms with E-state index in [1.54, 1.807) is 14.0 Å². The number of hydrogen-bond acceptors (Lipinski definition) is 3. The van der Waals surface area contributed by atoms with Crippen molar-refractivity contribution in [2.24, 2.45) is 0 Å². The van der Waals surface area contributed by atoms with E-state index in [1.165, 1.54) is 0 Å². The minimum atomic E-state index is -0.486. The van der Waals surface area contributed by atoms with Crippen LogP contribution in [0.1, 0.15) is 18.6 Å². The van der Waals surface area contributed by atoms with Crippen molar-refractivity contribution in [1.29, 1.82) is 0 Å². The quantitative estimate of drug-likeness (QED) is 0.905. The third kappa shape index (κ3) is 3.14. The zero-order valence-corrected chi connectivity index (χ0v) is 13.4. The number of nitrogens with zero attached hydrogens (tertiary/aromatic N) is 1. The Morgan fingerprint density at radius 2 is 1.85 bits per heavy atom. The SMILES string of the molecule is COc1cccc(N(C)c2ccc([C@H](C)O)c(Br)c2)c1. The molecule has 0 unspecified atom stereocenters. The maximum absolute atomic E-state index is 9.66. The number of aliphatic hydroxyl groups is 1. The molecule has 3 nitrogen and oxygen atoms in total. The predicted molar refractivity (Wildman–Crippen MR) is 85.8 cm³/mol. The van der Waals surface area contributed by atoms with Crippen LogP contribution in [0.25, 0.3) is 0 Å². The number of aliphatic hydroxyl groups excluding tert-OH is 1. The van der Waals surface area contributed by atoms with Gasteiger partial charge in [0, 0.05) is 29.0 Å². The molecule has 0 fully saturated rings. The van der Waals surface area contributed by atoms with Crippen LogP contribution in [-0.2, 0) is 0 Å². The molecule has 0 aliphatic heterocycles. The van der Waals surface area contributed by atoms with Crippen LogP contribution in [0.4, 0.5) is 11.4 Å². The summed E-state index contributed by atoms with van der Waals surface area (Å²) < 4.78 is 6.15. The van der Waals surface area contributed by atoms with Crippen LogP contribution in [0.3, 0.4) is 0 Å². The average Bonchev–Trinajstić information content (AvgIpc) is 2.46. The van der Waals surface area contributed by atoms with Crippen LogP contribution >= 0.6 is 15.9 Å². The molecule has 0 bridgehead atoms. The van der Waals surface area contributed by atoms with E-state index in [0.717, 1.165) is 27.2 Å². The minimum absolute atomic E-state index is 0.486. The topological polar surface area (TPSA) is 32.7 Å². The first-order chi connectivity index (χ1) is 9.52. The van der Waals surface area contributed by atoms with E-state index in [0.29, 0.717) is 0 Å². The van der Waals surface area contributed by atoms with Crippen LogP contribution in [-0.4, -0.2) is 19.3 Å². The maximum Gasteiger partial charge on any atom is 0.120 e. The summed E-state index contributed by atoms with van der Waals surface area (Å²) in [5.41, 5.74) is 2.96. The molecular weight excluding hydrogens is 318 g/mol. The van der Waals surface area contributed by atoms with Gasteiger partial charge in [-0.2, -0.15) is 0 Å². The molecule has 0 aromatic heterocycles. The van der Waals surface area contributed by atoms with Crippen molar-refractivity contribution in [3.63, 3.8) is 0 Å². The van der Waals surface area contributed by atoms with Crippen LogP contribution in [0.2, 0.25) is 0 Å². The summed E-state index contributed by atoms with van der Waals surface area (Å²) in [7, 11) is 3.66. The van der Waals surface area contributed by atoms with Gasteiger partial charge in [-0.05, 0) is 36.8 Å². The molecular formula is C16H18BrNO2. The largest absolute Gasteiger partial charge is 0.497 e. The van der Waals surface area contributed by atoms with Gasteiger partial charge in [0.25, 0.3) is 0 Å². The number of rotatable bonds is 4. The third-order valence-electron chi connectivity index (χ3n) is 3.26. The molecule has 0 aliphatic rings. The summed E-state index contributed by atoms with van der Waals surface area (Å²) in [5.74, 6) is 0.828. The minimum Gasteiger partial charge on any atom is -0.497 e. The van der Waals surface area contributed by atoms with Gasteiger partial charge in [0.05, 0.1) is 13.2 Å². The summed E-state index contributed by atoms with van der Waals surface area (Å²) >= 11 is 3.51. The maximum atomic E-state index is 9.66. The molecule has 4 heteroatoms. The van der Waals surface area contributed by atoms with Gasteiger partial charge in [-0.1, -0.05) is 28.1 Å². The highest BCUT2D eigenvalue weighted by molar-refractivity contribution is 9.10. The van der Waals surface area contributed by atoms with Crippen molar-refractivity contribution in [3.05, 3.63) is 52.5 Å². The van der Waals surface area contributed by atoms with Crippen LogP contribution in [0.5, 0.6) is 5.75 Å². The van der Waals surface area contributed by atoms with E-state index in [-0.39, 0.29) is 0 Å². The number of hydrogen-bond donors (Lipinski definition) is 1. The van der Waals surface area contributed by atoms with Gasteiger partial charge in [-0.3, -0.25) is 0 Å². The van der Waals surface area contributed by atoms with Crippen molar-refractivity contribution in [1.82, 2.24) is 0 Å². The summed E-state index contributed by atoms with van der Waals surface area (Å²) in [6, 6.07) is 13.8. The molecule has 0 radical (unpaired) electrons. The lowest BCUT2D eigenvalue weighted by molar-refractivity contribution is 0.198. The molecule has 0 saturated heterocycles. The monoisotopic (exact) mass is 335 g/mol. The Hall–Kier alpha value is -1.52. The molecule has 0 spiro atoms. The Balaban J connectivity index is 2.33.